The van der Waals surface area contributed by atoms with Crippen LogP contribution in [0.25, 0.3) is 11.3 Å². The molecule has 19 heavy (non-hydrogen) atoms. The summed E-state index contributed by atoms with van der Waals surface area (Å²) in [4.78, 5) is 18.5. The van der Waals surface area contributed by atoms with Crippen molar-refractivity contribution in [3.8, 4) is 17.0 Å². The van der Waals surface area contributed by atoms with Gasteiger partial charge in [0, 0.05) is 12.6 Å². The van der Waals surface area contributed by atoms with E-state index >= 15 is 0 Å². The number of benzene rings is 1. The number of hydrogen-bond acceptors (Lipinski definition) is 6. The zero-order valence-corrected chi connectivity index (χ0v) is 10.5. The van der Waals surface area contributed by atoms with Crippen molar-refractivity contribution in [2.24, 2.45) is 0 Å². The van der Waals surface area contributed by atoms with Crippen LogP contribution < -0.4 is 10.1 Å². The Labute approximate surface area is 109 Å². The summed E-state index contributed by atoms with van der Waals surface area (Å²) in [6, 6.07) is 6.93. The van der Waals surface area contributed by atoms with Crippen molar-refractivity contribution in [1.82, 2.24) is 9.97 Å². The number of nitro groups is 1. The van der Waals surface area contributed by atoms with E-state index < -0.39 is 4.92 Å². The van der Waals surface area contributed by atoms with E-state index in [0.29, 0.717) is 17.3 Å². The van der Waals surface area contributed by atoms with E-state index in [4.69, 9.17) is 4.74 Å². The summed E-state index contributed by atoms with van der Waals surface area (Å²) in [5.41, 5.74) is 0.709. The topological polar surface area (TPSA) is 90.2 Å². The molecule has 0 aliphatic carbocycles. The lowest BCUT2D eigenvalue weighted by atomic mass is 10.1. The third kappa shape index (κ3) is 2.59. The maximum atomic E-state index is 11.0. The van der Waals surface area contributed by atoms with Gasteiger partial charge >= 0.3 is 5.69 Å². The Hall–Kier alpha value is -2.70. The van der Waals surface area contributed by atoms with Crippen LogP contribution in [-0.4, -0.2) is 29.0 Å². The minimum atomic E-state index is -0.506. The molecule has 0 saturated heterocycles. The van der Waals surface area contributed by atoms with Crippen LogP contribution in [-0.2, 0) is 0 Å². The van der Waals surface area contributed by atoms with Crippen LogP contribution in [0.15, 0.2) is 30.5 Å². The molecular weight excluding hydrogens is 248 g/mol. The van der Waals surface area contributed by atoms with Crippen molar-refractivity contribution >= 4 is 11.6 Å². The van der Waals surface area contributed by atoms with E-state index in [1.807, 2.05) is 0 Å². The Bertz CT molecular complexity index is 616. The predicted molar refractivity (Wildman–Crippen MR) is 70.2 cm³/mol. The number of aromatic nitrogens is 2. The largest absolute Gasteiger partial charge is 0.497 e. The molecule has 2 aromatic rings. The lowest BCUT2D eigenvalue weighted by molar-refractivity contribution is -0.384. The van der Waals surface area contributed by atoms with Crippen LogP contribution in [0, 0.1) is 10.1 Å². The first-order chi connectivity index (χ1) is 9.15. The number of nitrogens with zero attached hydrogens (tertiary/aromatic N) is 3. The summed E-state index contributed by atoms with van der Waals surface area (Å²) in [6.45, 7) is 0. The van der Waals surface area contributed by atoms with E-state index in [1.54, 1.807) is 31.3 Å². The number of rotatable bonds is 4. The lowest BCUT2D eigenvalue weighted by Crippen LogP contribution is -2.01. The number of anilines is 1. The first-order valence-electron chi connectivity index (χ1n) is 5.49. The minimum absolute atomic E-state index is 0.146. The van der Waals surface area contributed by atoms with Crippen molar-refractivity contribution in [2.45, 2.75) is 0 Å². The molecule has 0 aliphatic heterocycles. The Morgan fingerprint density at radius 2 is 2.21 bits per heavy atom. The van der Waals surface area contributed by atoms with Crippen LogP contribution in [0.3, 0.4) is 0 Å². The van der Waals surface area contributed by atoms with Gasteiger partial charge in [0.25, 0.3) is 0 Å². The third-order valence-corrected chi connectivity index (χ3v) is 2.53. The summed E-state index contributed by atoms with van der Waals surface area (Å²) in [7, 11) is 3.18. The summed E-state index contributed by atoms with van der Waals surface area (Å²) >= 11 is 0. The van der Waals surface area contributed by atoms with Gasteiger partial charge in [-0.05, 0) is 12.1 Å². The summed E-state index contributed by atoms with van der Waals surface area (Å²) < 4.78 is 5.10. The molecule has 0 bridgehead atoms. The molecule has 98 valence electrons. The molecule has 1 heterocycles. The van der Waals surface area contributed by atoms with Crippen molar-refractivity contribution in [3.05, 3.63) is 40.6 Å². The molecule has 0 fully saturated rings. The first-order valence-corrected chi connectivity index (χ1v) is 5.49. The van der Waals surface area contributed by atoms with E-state index in [-0.39, 0.29) is 11.4 Å². The highest BCUT2D eigenvalue weighted by atomic mass is 16.6. The maximum absolute atomic E-state index is 11.0. The van der Waals surface area contributed by atoms with Crippen LogP contribution in [0.2, 0.25) is 0 Å². The highest BCUT2D eigenvalue weighted by molar-refractivity contribution is 5.71. The second kappa shape index (κ2) is 5.30. The average Bonchev–Trinajstić information content (AvgIpc) is 2.46. The molecule has 1 N–H and O–H groups in total. The van der Waals surface area contributed by atoms with Gasteiger partial charge in [-0.1, -0.05) is 12.1 Å². The highest BCUT2D eigenvalue weighted by Gasteiger charge is 2.19. The van der Waals surface area contributed by atoms with E-state index in [0.717, 1.165) is 0 Å². The molecule has 0 spiro atoms. The van der Waals surface area contributed by atoms with Crippen LogP contribution >= 0.6 is 0 Å². The zero-order valence-electron chi connectivity index (χ0n) is 10.5. The lowest BCUT2D eigenvalue weighted by Gasteiger charge is -2.06. The van der Waals surface area contributed by atoms with E-state index in [9.17, 15) is 10.1 Å². The maximum Gasteiger partial charge on any atom is 0.313 e. The second-order valence-corrected chi connectivity index (χ2v) is 3.67. The fourth-order valence-corrected chi connectivity index (χ4v) is 1.61. The van der Waals surface area contributed by atoms with Gasteiger partial charge < -0.3 is 10.1 Å². The molecule has 0 radical (unpaired) electrons. The van der Waals surface area contributed by atoms with Gasteiger partial charge in [-0.15, -0.1) is 0 Å². The summed E-state index contributed by atoms with van der Waals surface area (Å²) in [5.74, 6) is 0.930. The van der Waals surface area contributed by atoms with Gasteiger partial charge in [0.1, 0.15) is 11.9 Å². The number of nitrogens with one attached hydrogen (secondary N) is 1. The number of ether oxygens (including phenoxy) is 1. The van der Waals surface area contributed by atoms with Gasteiger partial charge in [-0.2, -0.15) is 0 Å². The van der Waals surface area contributed by atoms with Crippen LogP contribution in [0.1, 0.15) is 0 Å². The fraction of sp³-hybridized carbons (Fsp3) is 0.167. The first kappa shape index (κ1) is 12.7. The Kier molecular flexibility index (Phi) is 3.56. The van der Waals surface area contributed by atoms with Crippen molar-refractivity contribution in [1.29, 1.82) is 0 Å². The summed E-state index contributed by atoms with van der Waals surface area (Å²) in [6.07, 6.45) is 1.19. The van der Waals surface area contributed by atoms with Crippen LogP contribution in [0.5, 0.6) is 5.75 Å². The normalized spacial score (nSPS) is 10.0. The molecule has 0 atom stereocenters. The SMILES string of the molecule is CNc1ncc([N+](=O)[O-])c(-c2cccc(OC)c2)n1. The van der Waals surface area contributed by atoms with Crippen LogP contribution in [0.4, 0.5) is 11.6 Å². The quantitative estimate of drug-likeness (QED) is 0.668. The number of hydrogen-bond donors (Lipinski definition) is 1. The smallest absolute Gasteiger partial charge is 0.313 e. The van der Waals surface area contributed by atoms with Gasteiger partial charge in [0.05, 0.1) is 12.0 Å². The Morgan fingerprint density at radius 3 is 2.84 bits per heavy atom. The van der Waals surface area contributed by atoms with Crippen molar-refractivity contribution < 1.29 is 9.66 Å². The molecule has 1 aromatic carbocycles. The average molecular weight is 260 g/mol. The van der Waals surface area contributed by atoms with Gasteiger partial charge in [0.15, 0.2) is 5.69 Å². The molecule has 0 aliphatic rings. The molecule has 7 heteroatoms. The third-order valence-electron chi connectivity index (χ3n) is 2.53. The summed E-state index contributed by atoms with van der Waals surface area (Å²) in [5, 5.41) is 13.8. The molecule has 0 amide bonds. The van der Waals surface area contributed by atoms with Gasteiger partial charge in [0.2, 0.25) is 5.95 Å². The Balaban J connectivity index is 2.60. The molecule has 2 rings (SSSR count). The second-order valence-electron chi connectivity index (χ2n) is 3.67. The zero-order chi connectivity index (χ0) is 13.8. The minimum Gasteiger partial charge on any atom is -0.497 e. The standard InChI is InChI=1S/C12H12N4O3/c1-13-12-14-7-10(16(17)18)11(15-12)8-4-3-5-9(6-8)19-2/h3-7H,1-2H3,(H,13,14,15). The predicted octanol–water partition coefficient (Wildman–Crippen LogP) is 2.10. The molecular formula is C12H12N4O3. The highest BCUT2D eigenvalue weighted by Crippen LogP contribution is 2.30. The Morgan fingerprint density at radius 1 is 1.42 bits per heavy atom. The van der Waals surface area contributed by atoms with E-state index in [1.165, 1.54) is 13.3 Å². The molecule has 1 aromatic heterocycles. The fourth-order valence-electron chi connectivity index (χ4n) is 1.61. The number of methoxy groups -OCH3 is 1. The van der Waals surface area contributed by atoms with Gasteiger partial charge in [-0.25, -0.2) is 9.97 Å². The van der Waals surface area contributed by atoms with E-state index in [2.05, 4.69) is 15.3 Å². The molecule has 7 nitrogen and oxygen atoms in total. The molecule has 0 saturated carbocycles. The van der Waals surface area contributed by atoms with Gasteiger partial charge in [-0.3, -0.25) is 10.1 Å². The molecule has 0 unspecified atom stereocenters. The monoisotopic (exact) mass is 260 g/mol. The van der Waals surface area contributed by atoms with Crippen molar-refractivity contribution in [2.75, 3.05) is 19.5 Å². The van der Waals surface area contributed by atoms with Crippen molar-refractivity contribution in [3.63, 3.8) is 0 Å².